The van der Waals surface area contributed by atoms with Crippen LogP contribution in [0.5, 0.6) is 11.5 Å². The molecule has 0 saturated heterocycles. The van der Waals surface area contributed by atoms with Gasteiger partial charge < -0.3 is 20.1 Å². The number of aromatic nitrogens is 2. The molecule has 150 valence electrons. The predicted octanol–water partition coefficient (Wildman–Crippen LogP) is 4.50. The highest BCUT2D eigenvalue weighted by molar-refractivity contribution is 6.04. The summed E-state index contributed by atoms with van der Waals surface area (Å²) >= 11 is 0. The second kappa shape index (κ2) is 9.05. The molecule has 7 nitrogen and oxygen atoms in total. The van der Waals surface area contributed by atoms with Gasteiger partial charge in [0.2, 0.25) is 5.95 Å². The highest BCUT2D eigenvalue weighted by Crippen LogP contribution is 2.28. The van der Waals surface area contributed by atoms with E-state index in [1.165, 1.54) is 0 Å². The van der Waals surface area contributed by atoms with Crippen LogP contribution in [0.25, 0.3) is 0 Å². The Labute approximate surface area is 170 Å². The van der Waals surface area contributed by atoms with Crippen molar-refractivity contribution in [2.45, 2.75) is 20.8 Å². The number of carbonyl (C=O) groups excluding carboxylic acids is 1. The van der Waals surface area contributed by atoms with E-state index in [1.807, 2.05) is 51.1 Å². The van der Waals surface area contributed by atoms with E-state index in [9.17, 15) is 4.79 Å². The molecular weight excluding hydrogens is 368 g/mol. The second-order valence-corrected chi connectivity index (χ2v) is 6.43. The Bertz CT molecular complexity index is 1020. The summed E-state index contributed by atoms with van der Waals surface area (Å²) in [4.78, 5) is 21.6. The van der Waals surface area contributed by atoms with Gasteiger partial charge in [0.05, 0.1) is 25.1 Å². The molecule has 1 aromatic heterocycles. The van der Waals surface area contributed by atoms with Crippen LogP contribution in [0, 0.1) is 13.8 Å². The average molecular weight is 392 g/mol. The largest absolute Gasteiger partial charge is 0.495 e. The van der Waals surface area contributed by atoms with E-state index in [2.05, 4.69) is 20.6 Å². The number of nitrogens with zero attached hydrogens (tertiary/aromatic N) is 2. The Balaban J connectivity index is 1.86. The van der Waals surface area contributed by atoms with Gasteiger partial charge >= 0.3 is 0 Å². The first-order valence-electron chi connectivity index (χ1n) is 9.30. The minimum atomic E-state index is -0.345. The molecule has 0 aliphatic heterocycles. The predicted molar refractivity (Wildman–Crippen MR) is 113 cm³/mol. The molecule has 29 heavy (non-hydrogen) atoms. The summed E-state index contributed by atoms with van der Waals surface area (Å²) in [5.41, 5.74) is 3.29. The fourth-order valence-corrected chi connectivity index (χ4v) is 2.82. The molecule has 2 aromatic carbocycles. The molecule has 0 fully saturated rings. The van der Waals surface area contributed by atoms with Gasteiger partial charge in [-0.05, 0) is 56.7 Å². The van der Waals surface area contributed by atoms with Crippen LogP contribution in [0.3, 0.4) is 0 Å². The van der Waals surface area contributed by atoms with E-state index >= 15 is 0 Å². The van der Waals surface area contributed by atoms with Crippen molar-refractivity contribution in [3.05, 3.63) is 65.5 Å². The maximum Gasteiger partial charge on any atom is 0.274 e. The number of nitrogens with one attached hydrogen (secondary N) is 2. The second-order valence-electron chi connectivity index (χ2n) is 6.43. The lowest BCUT2D eigenvalue weighted by Crippen LogP contribution is -2.16. The Kier molecular flexibility index (Phi) is 6.29. The number of carbonyl (C=O) groups is 1. The molecule has 7 heteroatoms. The SMILES string of the molecule is CCOc1ccccc1NC(=O)c1cc(C)nc(Nc2cc(C)ccc2OC)n1. The summed E-state index contributed by atoms with van der Waals surface area (Å²) in [5.74, 6) is 1.24. The molecule has 0 aliphatic carbocycles. The Morgan fingerprint density at radius 2 is 1.79 bits per heavy atom. The number of amides is 1. The lowest BCUT2D eigenvalue weighted by molar-refractivity contribution is 0.102. The van der Waals surface area contributed by atoms with E-state index in [1.54, 1.807) is 25.3 Å². The van der Waals surface area contributed by atoms with Crippen molar-refractivity contribution in [1.82, 2.24) is 9.97 Å². The van der Waals surface area contributed by atoms with Gasteiger partial charge in [-0.25, -0.2) is 9.97 Å². The summed E-state index contributed by atoms with van der Waals surface area (Å²) in [6.45, 7) is 6.19. The van der Waals surface area contributed by atoms with Crippen molar-refractivity contribution in [2.75, 3.05) is 24.4 Å². The Morgan fingerprint density at radius 3 is 2.55 bits per heavy atom. The summed E-state index contributed by atoms with van der Waals surface area (Å²) in [7, 11) is 1.60. The van der Waals surface area contributed by atoms with Crippen LogP contribution in [0.4, 0.5) is 17.3 Å². The lowest BCUT2D eigenvalue weighted by atomic mass is 10.2. The van der Waals surface area contributed by atoms with Crippen LogP contribution in [-0.2, 0) is 0 Å². The molecule has 0 saturated carbocycles. The number of rotatable bonds is 7. The fraction of sp³-hybridized carbons (Fsp3) is 0.227. The fourth-order valence-electron chi connectivity index (χ4n) is 2.82. The molecule has 0 aliphatic rings. The number of methoxy groups -OCH3 is 1. The third kappa shape index (κ3) is 5.01. The average Bonchev–Trinajstić information content (AvgIpc) is 2.69. The van der Waals surface area contributed by atoms with Gasteiger partial charge in [0.25, 0.3) is 5.91 Å². The topological polar surface area (TPSA) is 85.4 Å². The summed E-state index contributed by atoms with van der Waals surface area (Å²) in [6, 6.07) is 14.7. The maximum absolute atomic E-state index is 12.8. The molecule has 0 atom stereocenters. The van der Waals surface area contributed by atoms with Crippen molar-refractivity contribution >= 4 is 23.2 Å². The smallest absolute Gasteiger partial charge is 0.274 e. The van der Waals surface area contributed by atoms with Gasteiger partial charge in [-0.2, -0.15) is 0 Å². The molecular formula is C22H24N4O3. The number of benzene rings is 2. The van der Waals surface area contributed by atoms with E-state index in [0.717, 1.165) is 11.3 Å². The van der Waals surface area contributed by atoms with E-state index < -0.39 is 0 Å². The third-order valence-electron chi connectivity index (χ3n) is 4.12. The van der Waals surface area contributed by atoms with Gasteiger partial charge in [0.15, 0.2) is 0 Å². The first-order chi connectivity index (χ1) is 14.0. The monoisotopic (exact) mass is 392 g/mol. The molecule has 3 aromatic rings. The Morgan fingerprint density at radius 1 is 1.00 bits per heavy atom. The van der Waals surface area contributed by atoms with Crippen LogP contribution in [-0.4, -0.2) is 29.6 Å². The number of hydrogen-bond donors (Lipinski definition) is 2. The molecule has 0 unspecified atom stereocenters. The van der Waals surface area contributed by atoms with Crippen LogP contribution in [0.1, 0.15) is 28.7 Å². The van der Waals surface area contributed by atoms with Gasteiger partial charge in [-0.15, -0.1) is 0 Å². The minimum Gasteiger partial charge on any atom is -0.495 e. The summed E-state index contributed by atoms with van der Waals surface area (Å²) < 4.78 is 10.9. The number of aryl methyl sites for hydroxylation is 2. The molecule has 2 N–H and O–H groups in total. The van der Waals surface area contributed by atoms with E-state index in [0.29, 0.717) is 35.4 Å². The quantitative estimate of drug-likeness (QED) is 0.616. The molecule has 0 radical (unpaired) electrons. The first kappa shape index (κ1) is 20.1. The van der Waals surface area contributed by atoms with Crippen LogP contribution in [0.2, 0.25) is 0 Å². The summed E-state index contributed by atoms with van der Waals surface area (Å²) in [6.07, 6.45) is 0. The van der Waals surface area contributed by atoms with Crippen LogP contribution < -0.4 is 20.1 Å². The zero-order chi connectivity index (χ0) is 20.8. The Hall–Kier alpha value is -3.61. The van der Waals surface area contributed by atoms with Crippen molar-refractivity contribution in [1.29, 1.82) is 0 Å². The standard InChI is InChI=1S/C22H24N4O3/c1-5-29-20-9-7-6-8-16(20)24-21(27)18-13-15(3)23-22(26-18)25-17-12-14(2)10-11-19(17)28-4/h6-13H,5H2,1-4H3,(H,24,27)(H,23,25,26). The van der Waals surface area contributed by atoms with Crippen molar-refractivity contribution in [3.63, 3.8) is 0 Å². The highest BCUT2D eigenvalue weighted by Gasteiger charge is 2.14. The molecule has 0 bridgehead atoms. The van der Waals surface area contributed by atoms with Crippen molar-refractivity contribution < 1.29 is 14.3 Å². The van der Waals surface area contributed by atoms with Crippen LogP contribution >= 0.6 is 0 Å². The van der Waals surface area contributed by atoms with Crippen molar-refractivity contribution in [3.8, 4) is 11.5 Å². The third-order valence-corrected chi connectivity index (χ3v) is 4.12. The van der Waals surface area contributed by atoms with E-state index in [4.69, 9.17) is 9.47 Å². The van der Waals surface area contributed by atoms with Gasteiger partial charge in [0.1, 0.15) is 17.2 Å². The minimum absolute atomic E-state index is 0.248. The van der Waals surface area contributed by atoms with Gasteiger partial charge in [-0.3, -0.25) is 4.79 Å². The normalized spacial score (nSPS) is 10.3. The molecule has 1 amide bonds. The van der Waals surface area contributed by atoms with Gasteiger partial charge in [0, 0.05) is 5.69 Å². The molecule has 1 heterocycles. The zero-order valence-electron chi connectivity index (χ0n) is 16.9. The molecule has 3 rings (SSSR count). The number of para-hydroxylation sites is 2. The first-order valence-corrected chi connectivity index (χ1v) is 9.30. The lowest BCUT2D eigenvalue weighted by Gasteiger charge is -2.13. The maximum atomic E-state index is 12.8. The van der Waals surface area contributed by atoms with Crippen molar-refractivity contribution in [2.24, 2.45) is 0 Å². The number of ether oxygens (including phenoxy) is 2. The van der Waals surface area contributed by atoms with Gasteiger partial charge in [-0.1, -0.05) is 18.2 Å². The number of hydrogen-bond acceptors (Lipinski definition) is 6. The van der Waals surface area contributed by atoms with E-state index in [-0.39, 0.29) is 11.6 Å². The number of anilines is 3. The zero-order valence-corrected chi connectivity index (χ0v) is 16.9. The van der Waals surface area contributed by atoms with Crippen LogP contribution in [0.15, 0.2) is 48.5 Å². The highest BCUT2D eigenvalue weighted by atomic mass is 16.5. The summed E-state index contributed by atoms with van der Waals surface area (Å²) in [5, 5.41) is 6.00. The molecule has 0 spiro atoms.